The number of carboxylic acids is 1. The minimum Gasteiger partial charge on any atom is -0.481 e. The van der Waals surface area contributed by atoms with Gasteiger partial charge in [-0.3, -0.25) is 9.59 Å². The first-order chi connectivity index (χ1) is 30.7. The topological polar surface area (TPSA) is 63.6 Å². The molecule has 0 rings (SSSR count). The zero-order valence-electron chi connectivity index (χ0n) is 42.1. The summed E-state index contributed by atoms with van der Waals surface area (Å²) in [6, 6.07) is 0. The summed E-state index contributed by atoms with van der Waals surface area (Å²) in [6.45, 7) is 3.42. The molecular formula is C58H112O4. The van der Waals surface area contributed by atoms with Gasteiger partial charge in [-0.15, -0.1) is 0 Å². The van der Waals surface area contributed by atoms with E-state index in [9.17, 15) is 9.59 Å². The Morgan fingerprint density at radius 1 is 0.258 bits per heavy atom. The maximum Gasteiger partial charge on any atom is 0.310 e. The van der Waals surface area contributed by atoms with Crippen molar-refractivity contribution in [1.82, 2.24) is 0 Å². The van der Waals surface area contributed by atoms with Crippen LogP contribution in [0.3, 0.4) is 0 Å². The normalized spacial score (nSPS) is 11.4. The lowest BCUT2D eigenvalue weighted by atomic mass is 10.0. The molecule has 62 heavy (non-hydrogen) atoms. The van der Waals surface area contributed by atoms with E-state index in [-0.39, 0.29) is 5.97 Å². The van der Waals surface area contributed by atoms with Crippen LogP contribution in [-0.4, -0.2) is 17.0 Å². The molecule has 0 heterocycles. The number of ether oxygens (including phenoxy) is 1. The van der Waals surface area contributed by atoms with Crippen LogP contribution in [0.15, 0.2) is 12.8 Å². The number of esters is 1. The molecule has 4 heteroatoms. The lowest BCUT2D eigenvalue weighted by Crippen LogP contribution is -1.98. The van der Waals surface area contributed by atoms with Gasteiger partial charge in [-0.25, -0.2) is 0 Å². The molecule has 4 nitrogen and oxygen atoms in total. The molecule has 0 fully saturated rings. The molecule has 0 spiro atoms. The van der Waals surface area contributed by atoms with Crippen molar-refractivity contribution in [3.8, 4) is 0 Å². The van der Waals surface area contributed by atoms with Crippen LogP contribution in [0.2, 0.25) is 0 Å². The number of carbonyl (C=O) groups is 2. The van der Waals surface area contributed by atoms with Gasteiger partial charge in [0.1, 0.15) is 0 Å². The van der Waals surface area contributed by atoms with E-state index in [0.29, 0.717) is 12.8 Å². The number of hydrogen-bond acceptors (Lipinski definition) is 3. The molecule has 0 atom stereocenters. The largest absolute Gasteiger partial charge is 0.481 e. The van der Waals surface area contributed by atoms with E-state index in [4.69, 9.17) is 9.84 Å². The molecule has 0 amide bonds. The zero-order chi connectivity index (χ0) is 44.8. The highest BCUT2D eigenvalue weighted by Crippen LogP contribution is 2.19. The second kappa shape index (κ2) is 55.8. The Hall–Kier alpha value is -1.32. The molecule has 0 aliphatic heterocycles. The van der Waals surface area contributed by atoms with Gasteiger partial charge in [0.2, 0.25) is 0 Å². The van der Waals surface area contributed by atoms with Gasteiger partial charge in [0.25, 0.3) is 0 Å². The van der Waals surface area contributed by atoms with E-state index in [1.165, 1.54) is 314 Å². The van der Waals surface area contributed by atoms with Crippen LogP contribution in [0.1, 0.15) is 347 Å². The molecule has 0 unspecified atom stereocenters. The molecule has 0 aliphatic carbocycles. The third kappa shape index (κ3) is 56.7. The van der Waals surface area contributed by atoms with E-state index in [0.717, 1.165) is 25.7 Å². The highest BCUT2D eigenvalue weighted by atomic mass is 16.5. The lowest BCUT2D eigenvalue weighted by Gasteiger charge is -2.05. The fourth-order valence-electron chi connectivity index (χ4n) is 9.54. The standard InChI is InChI=1S/C58H112O4/c1-2-62-58(61)56-54-52-50-48-46-44-42-40-38-36-34-32-30-28-26-24-22-20-18-16-14-12-10-8-6-4-3-5-7-9-11-13-15-17-19-21-23-25-27-29-31-33-35-37-39-41-43-45-47-49-51-53-55-57(59)60/h2H,1,3-56H2,(H,59,60). The third-order valence-electron chi connectivity index (χ3n) is 13.7. The van der Waals surface area contributed by atoms with Gasteiger partial charge in [-0.2, -0.15) is 0 Å². The molecule has 0 bridgehead atoms. The molecule has 0 saturated heterocycles. The molecule has 0 aliphatic rings. The highest BCUT2D eigenvalue weighted by molar-refractivity contribution is 5.69. The highest BCUT2D eigenvalue weighted by Gasteiger charge is 2.02. The summed E-state index contributed by atoms with van der Waals surface area (Å²) in [5.41, 5.74) is 0. The van der Waals surface area contributed by atoms with Crippen molar-refractivity contribution in [3.05, 3.63) is 12.8 Å². The van der Waals surface area contributed by atoms with Gasteiger partial charge >= 0.3 is 11.9 Å². The number of carboxylic acid groups (broad SMARTS) is 1. The van der Waals surface area contributed by atoms with E-state index in [1.807, 2.05) is 0 Å². The SMILES string of the molecule is C=COC(=O)CCCCCCCCCCCCCCCCCCCCCCCCCCCCCCCCCCCCCCCCCCCCCCCCCCCCCCC(=O)O. The van der Waals surface area contributed by atoms with Crippen molar-refractivity contribution in [1.29, 1.82) is 0 Å². The monoisotopic (exact) mass is 873 g/mol. The van der Waals surface area contributed by atoms with Crippen molar-refractivity contribution in [2.45, 2.75) is 347 Å². The Morgan fingerprint density at radius 2 is 0.387 bits per heavy atom. The van der Waals surface area contributed by atoms with E-state index in [1.54, 1.807) is 0 Å². The van der Waals surface area contributed by atoms with Crippen LogP contribution in [0, 0.1) is 0 Å². The summed E-state index contributed by atoms with van der Waals surface area (Å²) < 4.78 is 4.75. The van der Waals surface area contributed by atoms with Gasteiger partial charge in [0.15, 0.2) is 0 Å². The summed E-state index contributed by atoms with van der Waals surface area (Å²) in [5.74, 6) is -0.792. The number of aliphatic carboxylic acids is 1. The van der Waals surface area contributed by atoms with E-state index < -0.39 is 5.97 Å². The van der Waals surface area contributed by atoms with Crippen molar-refractivity contribution in [2.24, 2.45) is 0 Å². The second-order valence-corrected chi connectivity index (χ2v) is 19.9. The third-order valence-corrected chi connectivity index (χ3v) is 13.7. The lowest BCUT2D eigenvalue weighted by molar-refractivity contribution is -0.138. The fourth-order valence-corrected chi connectivity index (χ4v) is 9.54. The Labute approximate surface area is 389 Å². The summed E-state index contributed by atoms with van der Waals surface area (Å²) in [7, 11) is 0. The molecular weight excluding hydrogens is 761 g/mol. The van der Waals surface area contributed by atoms with Gasteiger partial charge in [0, 0.05) is 12.8 Å². The Balaban J connectivity index is 3.08. The number of rotatable bonds is 56. The van der Waals surface area contributed by atoms with Gasteiger partial charge in [-0.05, 0) is 12.8 Å². The van der Waals surface area contributed by atoms with E-state index >= 15 is 0 Å². The Kier molecular flexibility index (Phi) is 54.6. The predicted octanol–water partition coefficient (Wildman–Crippen LogP) is 20.8. The predicted molar refractivity (Wildman–Crippen MR) is 273 cm³/mol. The summed E-state index contributed by atoms with van der Waals surface area (Å²) in [5, 5.41) is 8.67. The van der Waals surface area contributed by atoms with Crippen molar-refractivity contribution in [2.75, 3.05) is 0 Å². The quantitative estimate of drug-likeness (QED) is 0.0376. The van der Waals surface area contributed by atoms with E-state index in [2.05, 4.69) is 6.58 Å². The summed E-state index contributed by atoms with van der Waals surface area (Å²) in [6.07, 6.45) is 75.0. The molecule has 0 saturated carbocycles. The minimum absolute atomic E-state index is 0.144. The van der Waals surface area contributed by atoms with Gasteiger partial charge in [-0.1, -0.05) is 328 Å². The number of unbranched alkanes of at least 4 members (excludes halogenated alkanes) is 51. The molecule has 0 aromatic carbocycles. The molecule has 368 valence electrons. The number of carbonyl (C=O) groups excluding carboxylic acids is 1. The fraction of sp³-hybridized carbons (Fsp3) is 0.931. The smallest absolute Gasteiger partial charge is 0.310 e. The first-order valence-corrected chi connectivity index (χ1v) is 28.7. The number of hydrogen-bond donors (Lipinski definition) is 1. The van der Waals surface area contributed by atoms with Crippen LogP contribution in [0.5, 0.6) is 0 Å². The van der Waals surface area contributed by atoms with Crippen LogP contribution in [-0.2, 0) is 14.3 Å². The average molecular weight is 874 g/mol. The summed E-state index contributed by atoms with van der Waals surface area (Å²) >= 11 is 0. The molecule has 0 radical (unpaired) electrons. The molecule has 0 aromatic heterocycles. The van der Waals surface area contributed by atoms with Crippen molar-refractivity contribution >= 4 is 11.9 Å². The second-order valence-electron chi connectivity index (χ2n) is 19.9. The minimum atomic E-state index is -0.648. The Morgan fingerprint density at radius 3 is 0.516 bits per heavy atom. The van der Waals surface area contributed by atoms with Crippen LogP contribution in [0.4, 0.5) is 0 Å². The van der Waals surface area contributed by atoms with Crippen molar-refractivity contribution < 1.29 is 19.4 Å². The van der Waals surface area contributed by atoms with Gasteiger partial charge < -0.3 is 9.84 Å². The van der Waals surface area contributed by atoms with Crippen LogP contribution >= 0.6 is 0 Å². The Bertz CT molecular complexity index is 869. The maximum atomic E-state index is 11.3. The average Bonchev–Trinajstić information content (AvgIpc) is 3.26. The summed E-state index contributed by atoms with van der Waals surface area (Å²) in [4.78, 5) is 21.8. The molecule has 0 aromatic rings. The first kappa shape index (κ1) is 60.7. The first-order valence-electron chi connectivity index (χ1n) is 28.7. The van der Waals surface area contributed by atoms with Gasteiger partial charge in [0.05, 0.1) is 6.26 Å². The van der Waals surface area contributed by atoms with Crippen molar-refractivity contribution in [3.63, 3.8) is 0 Å². The van der Waals surface area contributed by atoms with Crippen LogP contribution in [0.25, 0.3) is 0 Å². The van der Waals surface area contributed by atoms with Crippen LogP contribution < -0.4 is 0 Å². The zero-order valence-corrected chi connectivity index (χ0v) is 42.1. The maximum absolute atomic E-state index is 11.3. The molecule has 1 N–H and O–H groups in total.